The van der Waals surface area contributed by atoms with Gasteiger partial charge in [-0.2, -0.15) is 0 Å². The molecule has 0 heterocycles. The zero-order valence-corrected chi connectivity index (χ0v) is 37.8. The number of nitrogens with one attached hydrogen (secondary N) is 2. The van der Waals surface area contributed by atoms with Gasteiger partial charge in [-0.15, -0.1) is 0 Å². The van der Waals surface area contributed by atoms with Gasteiger partial charge >= 0.3 is 41.8 Å². The number of amides is 2. The molecule has 0 aliphatic heterocycles. The van der Waals surface area contributed by atoms with Gasteiger partial charge in [-0.25, -0.2) is 0 Å². The molecule has 23 heteroatoms. The van der Waals surface area contributed by atoms with Gasteiger partial charge in [-0.3, -0.25) is 67.7 Å². The molecule has 23 nitrogen and oxygen atoms in total. The van der Waals surface area contributed by atoms with Crippen molar-refractivity contribution in [2.45, 2.75) is 51.9 Å². The van der Waals surface area contributed by atoms with Gasteiger partial charge in [0.2, 0.25) is 11.8 Å². The quantitative estimate of drug-likeness (QED) is 0.0434. The fourth-order valence-corrected chi connectivity index (χ4v) is 6.51. The molecule has 0 saturated heterocycles. The molecule has 0 aromatic heterocycles. The second kappa shape index (κ2) is 33.9. The van der Waals surface area contributed by atoms with E-state index in [2.05, 4.69) is 17.6 Å². The summed E-state index contributed by atoms with van der Waals surface area (Å²) in [7, 11) is 0. The summed E-state index contributed by atoms with van der Waals surface area (Å²) in [6.07, 6.45) is 8.34. The average Bonchev–Trinajstić information content (AvgIpc) is 3.21. The van der Waals surface area contributed by atoms with E-state index in [1.807, 2.05) is 24.3 Å². The molecule has 0 aliphatic carbocycles. The van der Waals surface area contributed by atoms with Gasteiger partial charge in [0, 0.05) is 50.6 Å². The minimum atomic E-state index is -1.22. The summed E-state index contributed by atoms with van der Waals surface area (Å²) in [5, 5.41) is 68.5. The summed E-state index contributed by atoms with van der Waals surface area (Å²) < 4.78 is 0. The highest BCUT2D eigenvalue weighted by Crippen LogP contribution is 2.14. The molecule has 9 N–H and O–H groups in total. The minimum Gasteiger partial charge on any atom is -0.480 e. The van der Waals surface area contributed by atoms with E-state index in [4.69, 9.17) is 35.7 Å². The first-order chi connectivity index (χ1) is 31.7. The van der Waals surface area contributed by atoms with Gasteiger partial charge in [-0.05, 0) is 42.7 Å². The summed E-state index contributed by atoms with van der Waals surface area (Å²) in [5.41, 5.74) is 2.34. The zero-order valence-electron chi connectivity index (χ0n) is 37.8. The molecule has 2 rings (SSSR count). The number of aryl methyl sites for hydroxylation is 1. The number of unbranched alkanes of at least 4 members (excludes halogenated alkanes) is 5. The van der Waals surface area contributed by atoms with Crippen LogP contribution < -0.4 is 10.6 Å². The lowest BCUT2D eigenvalue weighted by atomic mass is 10.0. The Balaban J connectivity index is 0.000000670. The van der Waals surface area contributed by atoms with Crippen LogP contribution >= 0.6 is 0 Å². The Labute approximate surface area is 388 Å². The molecule has 0 saturated carbocycles. The molecule has 0 bridgehead atoms. The molecule has 0 radical (unpaired) electrons. The highest BCUT2D eigenvalue weighted by Gasteiger charge is 2.21. The largest absolute Gasteiger partial charge is 0.480 e. The number of carboxylic acids is 7. The molecule has 2 aromatic rings. The van der Waals surface area contributed by atoms with E-state index in [1.54, 1.807) is 30.3 Å². The lowest BCUT2D eigenvalue weighted by molar-refractivity contribution is -0.144. The summed E-state index contributed by atoms with van der Waals surface area (Å²) in [6.45, 7) is -1.50. The smallest absolute Gasteiger partial charge is 0.317 e. The molecular weight excluding hydrogens is 883 g/mol. The highest BCUT2D eigenvalue weighted by atomic mass is 16.4. The summed E-state index contributed by atoms with van der Waals surface area (Å²) in [5.74, 6) is -9.15. The van der Waals surface area contributed by atoms with Crippen molar-refractivity contribution in [1.82, 2.24) is 24.5 Å². The van der Waals surface area contributed by atoms with Crippen LogP contribution in [-0.2, 0) is 49.6 Å². The van der Waals surface area contributed by atoms with E-state index in [0.29, 0.717) is 11.4 Å². The minimum absolute atomic E-state index is 0.00764. The maximum atomic E-state index is 12.4. The number of benzene rings is 2. The zero-order chi connectivity index (χ0) is 50.1. The van der Waals surface area contributed by atoms with E-state index < -0.39 is 99.4 Å². The predicted octanol–water partition coefficient (Wildman–Crippen LogP) is 1.26. The number of nitrogens with zero attached hydrogens (tertiary/aromatic N) is 5. The van der Waals surface area contributed by atoms with Gasteiger partial charge in [-0.1, -0.05) is 69.4 Å². The number of anilines is 2. The van der Waals surface area contributed by atoms with Gasteiger partial charge in [0.15, 0.2) is 0 Å². The van der Waals surface area contributed by atoms with Crippen LogP contribution in [0.15, 0.2) is 54.6 Å². The van der Waals surface area contributed by atoms with E-state index in [0.717, 1.165) is 17.7 Å². The lowest BCUT2D eigenvalue weighted by Crippen LogP contribution is -2.46. The van der Waals surface area contributed by atoms with Gasteiger partial charge in [0.25, 0.3) is 0 Å². The Morgan fingerprint density at radius 1 is 0.373 bits per heavy atom. The average molecular weight is 948 g/mol. The maximum Gasteiger partial charge on any atom is 0.317 e. The topological polar surface area (TPSA) is 336 Å². The molecule has 2 amide bonds. The molecule has 67 heavy (non-hydrogen) atoms. The van der Waals surface area contributed by atoms with Crippen molar-refractivity contribution >= 4 is 65.0 Å². The number of carbonyl (C=O) groups is 9. The summed E-state index contributed by atoms with van der Waals surface area (Å²) in [6, 6.07) is 16.1. The number of carbonyl (C=O) groups excluding carboxylic acids is 2. The number of hydrogen-bond donors (Lipinski definition) is 9. The predicted molar refractivity (Wildman–Crippen MR) is 243 cm³/mol. The van der Waals surface area contributed by atoms with Crippen molar-refractivity contribution in [2.75, 3.05) is 109 Å². The van der Waals surface area contributed by atoms with Crippen LogP contribution in [0.5, 0.6) is 0 Å². The van der Waals surface area contributed by atoms with E-state index >= 15 is 0 Å². The fraction of sp³-hybridized carbons (Fsp3) is 0.523. The second-order valence-corrected chi connectivity index (χ2v) is 15.6. The molecule has 2 aromatic carbocycles. The summed E-state index contributed by atoms with van der Waals surface area (Å²) >= 11 is 0. The Morgan fingerprint density at radius 3 is 1.03 bits per heavy atom. The third-order valence-corrected chi connectivity index (χ3v) is 9.56. The molecule has 0 unspecified atom stereocenters. The Morgan fingerprint density at radius 2 is 0.672 bits per heavy atom. The number of rotatable bonds is 36. The fourth-order valence-electron chi connectivity index (χ4n) is 6.51. The molecule has 0 fully saturated rings. The first kappa shape index (κ1) is 58.5. The third-order valence-electron chi connectivity index (χ3n) is 9.56. The molecule has 372 valence electrons. The van der Waals surface area contributed by atoms with Crippen LogP contribution in [-0.4, -0.2) is 212 Å². The first-order valence-electron chi connectivity index (χ1n) is 21.6. The van der Waals surface area contributed by atoms with E-state index in [1.165, 1.54) is 57.3 Å². The maximum absolute atomic E-state index is 12.4. The van der Waals surface area contributed by atoms with Crippen molar-refractivity contribution in [3.63, 3.8) is 0 Å². The lowest BCUT2D eigenvalue weighted by Gasteiger charge is -2.27. The Bertz CT molecular complexity index is 1840. The van der Waals surface area contributed by atoms with Crippen LogP contribution in [0.25, 0.3) is 0 Å². The van der Waals surface area contributed by atoms with Crippen molar-refractivity contribution in [3.05, 3.63) is 60.2 Å². The number of carboxylic acid groups (broad SMARTS) is 7. The number of hydrogen-bond acceptors (Lipinski definition) is 14. The van der Waals surface area contributed by atoms with E-state index in [9.17, 15) is 43.2 Å². The summed E-state index contributed by atoms with van der Waals surface area (Å²) in [4.78, 5) is 108. The number of para-hydroxylation sites is 1. The Kier molecular flexibility index (Phi) is 29.6. The van der Waals surface area contributed by atoms with Gasteiger partial charge in [0.05, 0.1) is 58.9 Å². The second-order valence-electron chi connectivity index (χ2n) is 15.6. The van der Waals surface area contributed by atoms with Crippen LogP contribution in [0.1, 0.15) is 51.0 Å². The molecular formula is C44H65N7O16. The van der Waals surface area contributed by atoms with Crippen molar-refractivity contribution in [2.24, 2.45) is 0 Å². The SMILES string of the molecule is CCCCCCCCc1ccc(NC(=O)CN(CCN(CC(=O)O)CC(=O)O)CC(=O)O)cc1.O=C(O)CN(CCN(CC(=O)O)CC(=O)O)CCN(CC(=O)O)CC(=O)Nc1ccccc1. The Hall–Kier alpha value is -6.53. The molecule has 0 aliphatic rings. The van der Waals surface area contributed by atoms with Crippen LogP contribution in [0.3, 0.4) is 0 Å². The van der Waals surface area contributed by atoms with Crippen LogP contribution in [0.4, 0.5) is 11.4 Å². The highest BCUT2D eigenvalue weighted by molar-refractivity contribution is 5.93. The van der Waals surface area contributed by atoms with Crippen LogP contribution in [0.2, 0.25) is 0 Å². The van der Waals surface area contributed by atoms with Crippen LogP contribution in [0, 0.1) is 0 Å². The number of aliphatic carboxylic acids is 7. The van der Waals surface area contributed by atoms with Crippen molar-refractivity contribution < 1.29 is 78.9 Å². The molecule has 0 atom stereocenters. The van der Waals surface area contributed by atoms with Gasteiger partial charge in [0.1, 0.15) is 0 Å². The van der Waals surface area contributed by atoms with Crippen molar-refractivity contribution in [3.8, 4) is 0 Å². The van der Waals surface area contributed by atoms with E-state index in [-0.39, 0.29) is 52.4 Å². The standard InChI is InChI=1S/C24H37N3O7.C20H28N4O9/c1-2-3-4-5-6-7-8-19-9-11-20(12-10-19)25-21(28)15-26(16-22(29)30)13-14-27(17-23(31)32)18-24(33)34;25-16(21-15-4-2-1-3-5-15)10-23(12-18(28)29)8-6-22(11-17(26)27)7-9-24(13-19(30)31)14-20(32)33/h9-12H,2-8,13-18H2,1H3,(H,25,28)(H,29,30)(H,31,32)(H,33,34);1-5H,6-14H2,(H,21,25)(H,26,27)(H,28,29)(H,30,31)(H,32,33). The monoisotopic (exact) mass is 947 g/mol. The third kappa shape index (κ3) is 31.9. The normalized spacial score (nSPS) is 11.0. The first-order valence-corrected chi connectivity index (χ1v) is 21.6. The molecule has 0 spiro atoms. The van der Waals surface area contributed by atoms with Gasteiger partial charge < -0.3 is 46.4 Å². The van der Waals surface area contributed by atoms with Crippen molar-refractivity contribution in [1.29, 1.82) is 0 Å².